The summed E-state index contributed by atoms with van der Waals surface area (Å²) in [5, 5.41) is 1.64. The van der Waals surface area contributed by atoms with Crippen molar-refractivity contribution in [2.75, 3.05) is 0 Å². The second-order valence-electron chi connectivity index (χ2n) is 3.10. The summed E-state index contributed by atoms with van der Waals surface area (Å²) >= 11 is 5.80. The molecule has 84 valence electrons. The maximum atomic E-state index is 5.80. The normalized spacial score (nSPS) is 11.7. The van der Waals surface area contributed by atoms with Crippen LogP contribution in [0.3, 0.4) is 0 Å². The lowest BCUT2D eigenvalue weighted by molar-refractivity contribution is 0.791. The molecule has 3 nitrogen and oxygen atoms in total. The molecule has 2 rings (SSSR count). The van der Waals surface area contributed by atoms with E-state index in [1.54, 1.807) is 6.20 Å². The minimum atomic E-state index is -0.00650. The van der Waals surface area contributed by atoms with Gasteiger partial charge in [-0.05, 0) is 19.1 Å². The van der Waals surface area contributed by atoms with Crippen molar-refractivity contribution >= 4 is 47.4 Å². The molecule has 3 N–H and O–H groups in total. The third kappa shape index (κ3) is 2.98. The van der Waals surface area contributed by atoms with Gasteiger partial charge >= 0.3 is 0 Å². The van der Waals surface area contributed by atoms with E-state index in [9.17, 15) is 0 Å². The van der Waals surface area contributed by atoms with E-state index < -0.39 is 0 Å². The van der Waals surface area contributed by atoms with E-state index in [1.807, 2.05) is 19.1 Å². The van der Waals surface area contributed by atoms with Crippen LogP contribution in [0.15, 0.2) is 18.3 Å². The third-order valence-electron chi connectivity index (χ3n) is 1.95. The Labute approximate surface area is 105 Å². The molecule has 2 heterocycles. The number of aromatic amines is 1. The van der Waals surface area contributed by atoms with E-state index in [1.165, 1.54) is 0 Å². The Morgan fingerprint density at radius 1 is 1.40 bits per heavy atom. The fourth-order valence-electron chi connectivity index (χ4n) is 1.26. The lowest BCUT2D eigenvalue weighted by Crippen LogP contribution is -2.04. The summed E-state index contributed by atoms with van der Waals surface area (Å²) in [7, 11) is 0. The highest BCUT2D eigenvalue weighted by Gasteiger charge is 2.05. The van der Waals surface area contributed by atoms with Crippen LogP contribution < -0.4 is 5.73 Å². The van der Waals surface area contributed by atoms with Crippen LogP contribution in [0.1, 0.15) is 18.7 Å². The number of nitrogens with zero attached hydrogens (tertiary/aromatic N) is 1. The second-order valence-corrected chi connectivity index (χ2v) is 3.54. The van der Waals surface area contributed by atoms with Crippen LogP contribution in [-0.2, 0) is 0 Å². The lowest BCUT2D eigenvalue weighted by atomic mass is 10.2. The summed E-state index contributed by atoms with van der Waals surface area (Å²) < 4.78 is 0. The molecule has 0 spiro atoms. The number of pyridine rings is 1. The topological polar surface area (TPSA) is 54.7 Å². The predicted molar refractivity (Wildman–Crippen MR) is 68.2 cm³/mol. The van der Waals surface area contributed by atoms with Crippen LogP contribution in [0.4, 0.5) is 0 Å². The molecular formula is C9H12Cl3N3. The number of rotatable bonds is 1. The minimum absolute atomic E-state index is 0. The van der Waals surface area contributed by atoms with Gasteiger partial charge in [0.1, 0.15) is 5.65 Å². The number of hydrogen-bond donors (Lipinski definition) is 2. The molecule has 2 aromatic rings. The average molecular weight is 269 g/mol. The first-order valence-corrected chi connectivity index (χ1v) is 4.44. The van der Waals surface area contributed by atoms with Gasteiger partial charge in [-0.1, -0.05) is 11.6 Å². The van der Waals surface area contributed by atoms with Gasteiger partial charge in [-0.2, -0.15) is 0 Å². The van der Waals surface area contributed by atoms with Gasteiger partial charge in [-0.3, -0.25) is 0 Å². The fraction of sp³-hybridized carbons (Fsp3) is 0.222. The Bertz CT molecular complexity index is 439. The summed E-state index contributed by atoms with van der Waals surface area (Å²) in [5.41, 5.74) is 7.53. The fourth-order valence-corrected chi connectivity index (χ4v) is 1.42. The van der Waals surface area contributed by atoms with Crippen molar-refractivity contribution in [1.29, 1.82) is 0 Å². The highest BCUT2D eigenvalue weighted by atomic mass is 35.5. The quantitative estimate of drug-likeness (QED) is 0.835. The van der Waals surface area contributed by atoms with Gasteiger partial charge in [0.05, 0.1) is 5.02 Å². The van der Waals surface area contributed by atoms with Crippen molar-refractivity contribution in [3.05, 3.63) is 29.0 Å². The minimum Gasteiger partial charge on any atom is -0.342 e. The molecule has 0 radical (unpaired) electrons. The first kappa shape index (κ1) is 14.5. The smallest absolute Gasteiger partial charge is 0.137 e. The van der Waals surface area contributed by atoms with E-state index in [4.69, 9.17) is 17.3 Å². The summed E-state index contributed by atoms with van der Waals surface area (Å²) in [4.78, 5) is 7.27. The molecule has 0 fully saturated rings. The SMILES string of the molecule is CC(N)c1cc2cc(Cl)cnc2[nH]1.Cl.Cl. The van der Waals surface area contributed by atoms with Crippen molar-refractivity contribution in [3.63, 3.8) is 0 Å². The largest absolute Gasteiger partial charge is 0.342 e. The van der Waals surface area contributed by atoms with Gasteiger partial charge in [0.25, 0.3) is 0 Å². The molecule has 0 aliphatic carbocycles. The molecule has 2 aromatic heterocycles. The summed E-state index contributed by atoms with van der Waals surface area (Å²) in [6, 6.07) is 3.83. The Morgan fingerprint density at radius 2 is 2.07 bits per heavy atom. The molecule has 0 aliphatic heterocycles. The van der Waals surface area contributed by atoms with Crippen molar-refractivity contribution in [2.24, 2.45) is 5.73 Å². The molecule has 0 saturated heterocycles. The number of halogens is 3. The summed E-state index contributed by atoms with van der Waals surface area (Å²) in [5.74, 6) is 0. The number of nitrogens with one attached hydrogen (secondary N) is 1. The Balaban J connectivity index is 0.000000980. The first-order valence-electron chi connectivity index (χ1n) is 4.06. The molecule has 15 heavy (non-hydrogen) atoms. The highest BCUT2D eigenvalue weighted by Crippen LogP contribution is 2.19. The molecule has 1 atom stereocenters. The van der Waals surface area contributed by atoms with Crippen molar-refractivity contribution in [2.45, 2.75) is 13.0 Å². The standard InChI is InChI=1S/C9H10ClN3.2ClH/c1-5(11)8-3-6-2-7(10)4-12-9(6)13-8;;/h2-5H,11H2,1H3,(H,12,13);2*1H. The summed E-state index contributed by atoms with van der Waals surface area (Å²) in [6.45, 7) is 1.92. The average Bonchev–Trinajstić information content (AvgIpc) is 2.46. The maximum Gasteiger partial charge on any atom is 0.137 e. The van der Waals surface area contributed by atoms with Gasteiger partial charge in [0, 0.05) is 23.3 Å². The van der Waals surface area contributed by atoms with E-state index in [0.717, 1.165) is 16.7 Å². The predicted octanol–water partition coefficient (Wildman–Crippen LogP) is 3.08. The van der Waals surface area contributed by atoms with Crippen LogP contribution in [0.2, 0.25) is 5.02 Å². The van der Waals surface area contributed by atoms with E-state index in [-0.39, 0.29) is 30.9 Å². The van der Waals surface area contributed by atoms with Crippen LogP contribution in [0.25, 0.3) is 11.0 Å². The van der Waals surface area contributed by atoms with E-state index >= 15 is 0 Å². The molecule has 0 bridgehead atoms. The number of H-pyrrole nitrogens is 1. The number of fused-ring (bicyclic) bond motifs is 1. The second kappa shape index (κ2) is 5.56. The number of nitrogens with two attached hydrogens (primary N) is 1. The molecule has 0 amide bonds. The van der Waals surface area contributed by atoms with Gasteiger partial charge < -0.3 is 10.7 Å². The Morgan fingerprint density at radius 3 is 2.67 bits per heavy atom. The van der Waals surface area contributed by atoms with Crippen LogP contribution in [0, 0.1) is 0 Å². The molecule has 0 saturated carbocycles. The molecular weight excluding hydrogens is 256 g/mol. The molecule has 1 unspecified atom stereocenters. The molecule has 0 aliphatic rings. The molecule has 0 aromatic carbocycles. The van der Waals surface area contributed by atoms with E-state index in [0.29, 0.717) is 5.02 Å². The van der Waals surface area contributed by atoms with Gasteiger partial charge in [0.2, 0.25) is 0 Å². The number of aromatic nitrogens is 2. The molecule has 6 heteroatoms. The zero-order valence-corrected chi connectivity index (χ0v) is 10.4. The Hall–Kier alpha value is -0.480. The monoisotopic (exact) mass is 267 g/mol. The van der Waals surface area contributed by atoms with Crippen LogP contribution >= 0.6 is 36.4 Å². The number of hydrogen-bond acceptors (Lipinski definition) is 2. The lowest BCUT2D eigenvalue weighted by Gasteiger charge is -1.98. The maximum absolute atomic E-state index is 5.80. The van der Waals surface area contributed by atoms with Gasteiger partial charge in [-0.15, -0.1) is 24.8 Å². The van der Waals surface area contributed by atoms with Gasteiger partial charge in [0.15, 0.2) is 0 Å². The van der Waals surface area contributed by atoms with E-state index in [2.05, 4.69) is 9.97 Å². The van der Waals surface area contributed by atoms with Crippen molar-refractivity contribution in [3.8, 4) is 0 Å². The highest BCUT2D eigenvalue weighted by molar-refractivity contribution is 6.31. The van der Waals surface area contributed by atoms with Crippen molar-refractivity contribution in [1.82, 2.24) is 9.97 Å². The van der Waals surface area contributed by atoms with Gasteiger partial charge in [-0.25, -0.2) is 4.98 Å². The third-order valence-corrected chi connectivity index (χ3v) is 2.15. The van der Waals surface area contributed by atoms with Crippen LogP contribution in [-0.4, -0.2) is 9.97 Å². The van der Waals surface area contributed by atoms with Crippen LogP contribution in [0.5, 0.6) is 0 Å². The Kier molecular flexibility index (Phi) is 5.38. The summed E-state index contributed by atoms with van der Waals surface area (Å²) in [6.07, 6.45) is 1.62. The van der Waals surface area contributed by atoms with Crippen molar-refractivity contribution < 1.29 is 0 Å². The zero-order chi connectivity index (χ0) is 9.42. The first-order chi connectivity index (χ1) is 6.16. The zero-order valence-electron chi connectivity index (χ0n) is 8.03.